The lowest BCUT2D eigenvalue weighted by Crippen LogP contribution is -2.39. The molecule has 1 heterocycles. The minimum atomic E-state index is -0.105. The van der Waals surface area contributed by atoms with Gasteiger partial charge in [0.1, 0.15) is 6.61 Å². The number of piperidine rings is 1. The summed E-state index contributed by atoms with van der Waals surface area (Å²) in [6.45, 7) is 9.43. The Hall–Kier alpha value is -1.58. The van der Waals surface area contributed by atoms with Crippen molar-refractivity contribution in [1.82, 2.24) is 4.90 Å². The van der Waals surface area contributed by atoms with Gasteiger partial charge in [-0.3, -0.25) is 9.59 Å². The first-order valence-corrected chi connectivity index (χ1v) is 8.23. The van der Waals surface area contributed by atoms with Gasteiger partial charge in [0, 0.05) is 20.0 Å². The number of rotatable bonds is 4. The first-order chi connectivity index (χ1) is 10.5. The Morgan fingerprint density at radius 1 is 1.23 bits per heavy atom. The van der Waals surface area contributed by atoms with E-state index in [-0.39, 0.29) is 17.8 Å². The van der Waals surface area contributed by atoms with Crippen LogP contribution >= 0.6 is 0 Å². The fourth-order valence-corrected chi connectivity index (χ4v) is 3.18. The van der Waals surface area contributed by atoms with Crippen LogP contribution in [0.4, 0.5) is 0 Å². The highest BCUT2D eigenvalue weighted by Gasteiger charge is 2.27. The van der Waals surface area contributed by atoms with Gasteiger partial charge in [-0.2, -0.15) is 0 Å². The summed E-state index contributed by atoms with van der Waals surface area (Å²) in [5.74, 6) is 0.510. The van der Waals surface area contributed by atoms with E-state index in [1.54, 1.807) is 11.8 Å². The van der Waals surface area contributed by atoms with Crippen LogP contribution in [-0.4, -0.2) is 36.5 Å². The second-order valence-electron chi connectivity index (χ2n) is 6.57. The van der Waals surface area contributed by atoms with Crippen molar-refractivity contribution in [2.75, 3.05) is 19.7 Å². The molecule has 0 bridgehead atoms. The third-order valence-corrected chi connectivity index (χ3v) is 4.88. The van der Waals surface area contributed by atoms with Crippen molar-refractivity contribution in [2.24, 2.45) is 11.8 Å². The number of ether oxygens (including phenoxy) is 1. The summed E-state index contributed by atoms with van der Waals surface area (Å²) in [5.41, 5.74) is 2.47. The molecule has 4 heteroatoms. The fraction of sp³-hybridized carbons (Fsp3) is 0.667. The van der Waals surface area contributed by atoms with Crippen molar-refractivity contribution >= 4 is 11.9 Å². The van der Waals surface area contributed by atoms with E-state index in [1.807, 2.05) is 0 Å². The number of hydrogen-bond acceptors (Lipinski definition) is 3. The lowest BCUT2D eigenvalue weighted by Gasteiger charge is -2.30. The van der Waals surface area contributed by atoms with Gasteiger partial charge >= 0.3 is 5.97 Å². The second-order valence-corrected chi connectivity index (χ2v) is 6.57. The Balaban J connectivity index is 1.73. The zero-order valence-electron chi connectivity index (χ0n) is 13.8. The van der Waals surface area contributed by atoms with Crippen molar-refractivity contribution in [3.8, 4) is 0 Å². The van der Waals surface area contributed by atoms with Crippen molar-refractivity contribution in [3.63, 3.8) is 0 Å². The topological polar surface area (TPSA) is 46.6 Å². The summed E-state index contributed by atoms with van der Waals surface area (Å²) in [4.78, 5) is 25.2. The van der Waals surface area contributed by atoms with E-state index in [0.29, 0.717) is 25.6 Å². The maximum atomic E-state index is 12.1. The molecule has 1 saturated heterocycles. The number of likely N-dealkylation sites (tertiary alicyclic amines) is 1. The largest absolute Gasteiger partial charge is 0.461 e. The van der Waals surface area contributed by atoms with E-state index in [1.165, 1.54) is 11.1 Å². The van der Waals surface area contributed by atoms with Crippen LogP contribution < -0.4 is 0 Å². The molecule has 1 aliphatic carbocycles. The van der Waals surface area contributed by atoms with Gasteiger partial charge in [-0.25, -0.2) is 0 Å². The molecule has 2 aliphatic rings. The number of allylic oxidation sites excluding steroid dienone is 2. The molecule has 1 aliphatic heterocycles. The molecule has 0 unspecified atom stereocenters. The van der Waals surface area contributed by atoms with Crippen LogP contribution in [0.15, 0.2) is 23.8 Å². The van der Waals surface area contributed by atoms with E-state index >= 15 is 0 Å². The van der Waals surface area contributed by atoms with Crippen molar-refractivity contribution in [1.29, 1.82) is 0 Å². The smallest absolute Gasteiger partial charge is 0.309 e. The van der Waals surface area contributed by atoms with E-state index in [4.69, 9.17) is 4.74 Å². The first-order valence-electron chi connectivity index (χ1n) is 8.23. The van der Waals surface area contributed by atoms with Crippen LogP contribution in [0.5, 0.6) is 0 Å². The maximum absolute atomic E-state index is 12.1. The quantitative estimate of drug-likeness (QED) is 0.592. The summed E-state index contributed by atoms with van der Waals surface area (Å²) in [5, 5.41) is 0. The number of amides is 1. The second kappa shape index (κ2) is 7.61. The number of nitrogens with zero attached hydrogens (tertiary/aromatic N) is 1. The summed E-state index contributed by atoms with van der Waals surface area (Å²) in [6, 6.07) is 0. The molecule has 0 aromatic carbocycles. The van der Waals surface area contributed by atoms with Gasteiger partial charge in [0.25, 0.3) is 0 Å². The van der Waals surface area contributed by atoms with Crippen LogP contribution in [0, 0.1) is 11.8 Å². The number of esters is 1. The summed E-state index contributed by atoms with van der Waals surface area (Å²) in [7, 11) is 0. The Labute approximate surface area is 133 Å². The molecule has 0 N–H and O–H groups in total. The lowest BCUT2D eigenvalue weighted by atomic mass is 9.86. The van der Waals surface area contributed by atoms with Gasteiger partial charge < -0.3 is 9.64 Å². The van der Waals surface area contributed by atoms with Crippen LogP contribution in [0.2, 0.25) is 0 Å². The van der Waals surface area contributed by atoms with Crippen LogP contribution in [-0.2, 0) is 14.3 Å². The number of carbonyl (C=O) groups is 2. The lowest BCUT2D eigenvalue weighted by molar-refractivity contribution is -0.150. The van der Waals surface area contributed by atoms with Gasteiger partial charge in [0.05, 0.1) is 5.92 Å². The molecule has 0 saturated carbocycles. The van der Waals surface area contributed by atoms with E-state index in [0.717, 1.165) is 32.1 Å². The SMILES string of the molecule is C=C(C)[C@@H]1CC=C(COC(=O)C2CCN(C(C)=O)CC2)CC1. The van der Waals surface area contributed by atoms with Gasteiger partial charge in [0.15, 0.2) is 0 Å². The Morgan fingerprint density at radius 3 is 2.41 bits per heavy atom. The standard InChI is InChI=1S/C18H27NO3/c1-13(2)16-6-4-15(5-7-16)12-22-18(21)17-8-10-19(11-9-17)14(3)20/h4,16-17H,1,5-12H2,2-3H3/t16-/m1/s1. The van der Waals surface area contributed by atoms with Crippen LogP contribution in [0.25, 0.3) is 0 Å². The van der Waals surface area contributed by atoms with Gasteiger partial charge in [-0.15, -0.1) is 0 Å². The minimum absolute atomic E-state index is 0.0528. The Kier molecular flexibility index (Phi) is 5.81. The molecule has 0 aromatic rings. The van der Waals surface area contributed by atoms with Gasteiger partial charge in [-0.05, 0) is 50.5 Å². The third-order valence-electron chi connectivity index (χ3n) is 4.88. The number of hydrogen-bond donors (Lipinski definition) is 0. The molecule has 1 fully saturated rings. The zero-order chi connectivity index (χ0) is 16.1. The van der Waals surface area contributed by atoms with Crippen LogP contribution in [0.3, 0.4) is 0 Å². The molecule has 0 radical (unpaired) electrons. The molecule has 22 heavy (non-hydrogen) atoms. The molecule has 1 atom stereocenters. The molecule has 0 spiro atoms. The third kappa shape index (κ3) is 4.46. The van der Waals surface area contributed by atoms with E-state index < -0.39 is 0 Å². The normalized spacial score (nSPS) is 22.9. The average molecular weight is 305 g/mol. The van der Waals surface area contributed by atoms with E-state index in [9.17, 15) is 9.59 Å². The molecule has 2 rings (SSSR count). The minimum Gasteiger partial charge on any atom is -0.461 e. The predicted molar refractivity (Wildman–Crippen MR) is 86.2 cm³/mol. The monoisotopic (exact) mass is 305 g/mol. The van der Waals surface area contributed by atoms with Crippen LogP contribution in [0.1, 0.15) is 46.0 Å². The average Bonchev–Trinajstić information content (AvgIpc) is 2.53. The molecule has 122 valence electrons. The zero-order valence-corrected chi connectivity index (χ0v) is 13.8. The van der Waals surface area contributed by atoms with Gasteiger partial charge in [-0.1, -0.05) is 18.2 Å². The maximum Gasteiger partial charge on any atom is 0.309 e. The fourth-order valence-electron chi connectivity index (χ4n) is 3.18. The summed E-state index contributed by atoms with van der Waals surface area (Å²) in [6.07, 6.45) is 6.75. The van der Waals surface area contributed by atoms with Crippen molar-refractivity contribution < 1.29 is 14.3 Å². The Bertz CT molecular complexity index is 473. The molecule has 0 aromatic heterocycles. The van der Waals surface area contributed by atoms with E-state index in [2.05, 4.69) is 19.6 Å². The highest BCUT2D eigenvalue weighted by Crippen LogP contribution is 2.28. The highest BCUT2D eigenvalue weighted by molar-refractivity contribution is 5.75. The summed E-state index contributed by atoms with van der Waals surface area (Å²) >= 11 is 0. The van der Waals surface area contributed by atoms with Crippen molar-refractivity contribution in [3.05, 3.63) is 23.8 Å². The van der Waals surface area contributed by atoms with Crippen molar-refractivity contribution in [2.45, 2.75) is 46.0 Å². The van der Waals surface area contributed by atoms with Gasteiger partial charge in [0.2, 0.25) is 5.91 Å². The Morgan fingerprint density at radius 2 is 1.91 bits per heavy atom. The molecular formula is C18H27NO3. The first kappa shape index (κ1) is 16.8. The summed E-state index contributed by atoms with van der Waals surface area (Å²) < 4.78 is 5.48. The highest BCUT2D eigenvalue weighted by atomic mass is 16.5. The predicted octanol–water partition coefficient (Wildman–Crippen LogP) is 3.09. The molecule has 4 nitrogen and oxygen atoms in total. The number of carbonyl (C=O) groups excluding carboxylic acids is 2. The molecular weight excluding hydrogens is 278 g/mol. The molecule has 1 amide bonds.